The summed E-state index contributed by atoms with van der Waals surface area (Å²) in [7, 11) is 0. The van der Waals surface area contributed by atoms with E-state index in [1.165, 1.54) is 6.07 Å². The number of pyridine rings is 1. The van der Waals surface area contributed by atoms with Crippen molar-refractivity contribution in [3.8, 4) is 0 Å². The van der Waals surface area contributed by atoms with Crippen molar-refractivity contribution in [3.63, 3.8) is 0 Å². The molecule has 4 heteroatoms. The normalized spacial score (nSPS) is 10.1. The lowest BCUT2D eigenvalue weighted by Gasteiger charge is -2.09. The number of benzene rings is 1. The number of nitrogens with one attached hydrogen (secondary N) is 1. The van der Waals surface area contributed by atoms with Gasteiger partial charge in [0, 0.05) is 29.2 Å². The van der Waals surface area contributed by atoms with Gasteiger partial charge < -0.3 is 11.1 Å². The van der Waals surface area contributed by atoms with E-state index in [1.807, 2.05) is 6.07 Å². The van der Waals surface area contributed by atoms with Crippen molar-refractivity contribution in [2.45, 2.75) is 6.92 Å². The van der Waals surface area contributed by atoms with E-state index >= 15 is 0 Å². The number of nitrogens with two attached hydrogens (primary N) is 1. The van der Waals surface area contributed by atoms with Crippen LogP contribution in [0.5, 0.6) is 0 Å². The van der Waals surface area contributed by atoms with E-state index < -0.39 is 0 Å². The smallest absolute Gasteiger partial charge is 0.128 e. The monoisotopic (exact) mass is 217 g/mol. The van der Waals surface area contributed by atoms with Crippen LogP contribution >= 0.6 is 0 Å². The molecule has 0 aliphatic carbocycles. The molecule has 0 aliphatic rings. The van der Waals surface area contributed by atoms with Gasteiger partial charge >= 0.3 is 0 Å². The molecule has 1 aromatic heterocycles. The summed E-state index contributed by atoms with van der Waals surface area (Å²) in [4.78, 5) is 3.89. The van der Waals surface area contributed by atoms with Crippen LogP contribution in [-0.2, 0) is 0 Å². The summed E-state index contributed by atoms with van der Waals surface area (Å²) in [5.74, 6) is 0.200. The second-order valence-electron chi connectivity index (χ2n) is 3.51. The van der Waals surface area contributed by atoms with Gasteiger partial charge in [0.25, 0.3) is 0 Å². The van der Waals surface area contributed by atoms with Crippen molar-refractivity contribution in [1.82, 2.24) is 4.98 Å². The standard InChI is InChI=1S/C12H12FN3/c1-8-10(13)3-2-4-11(8)16-9-5-6-15-12(14)7-9/h2-7H,1H3,(H3,14,15,16). The van der Waals surface area contributed by atoms with Crippen LogP contribution in [-0.4, -0.2) is 4.98 Å². The summed E-state index contributed by atoms with van der Waals surface area (Å²) in [6.45, 7) is 1.72. The van der Waals surface area contributed by atoms with Crippen LogP contribution < -0.4 is 11.1 Å². The zero-order valence-corrected chi connectivity index (χ0v) is 8.87. The van der Waals surface area contributed by atoms with Gasteiger partial charge in [0.2, 0.25) is 0 Å². The maximum atomic E-state index is 13.3. The summed E-state index contributed by atoms with van der Waals surface area (Å²) >= 11 is 0. The summed E-state index contributed by atoms with van der Waals surface area (Å²) in [6, 6.07) is 8.39. The predicted molar refractivity (Wildman–Crippen MR) is 63.1 cm³/mol. The van der Waals surface area contributed by atoms with Crippen LogP contribution in [0.25, 0.3) is 0 Å². The molecule has 0 radical (unpaired) electrons. The zero-order valence-electron chi connectivity index (χ0n) is 8.87. The number of nitrogen functional groups attached to an aromatic ring is 1. The SMILES string of the molecule is Cc1c(F)cccc1Nc1ccnc(N)c1. The van der Waals surface area contributed by atoms with Crippen molar-refractivity contribution >= 4 is 17.2 Å². The summed E-state index contributed by atoms with van der Waals surface area (Å²) in [6.07, 6.45) is 1.60. The van der Waals surface area contributed by atoms with Crippen molar-refractivity contribution in [1.29, 1.82) is 0 Å². The first kappa shape index (κ1) is 10.4. The predicted octanol–water partition coefficient (Wildman–Crippen LogP) is 2.85. The van der Waals surface area contributed by atoms with Crippen LogP contribution in [0.1, 0.15) is 5.56 Å². The van der Waals surface area contributed by atoms with Gasteiger partial charge in [0.15, 0.2) is 0 Å². The third-order valence-corrected chi connectivity index (χ3v) is 2.33. The largest absolute Gasteiger partial charge is 0.384 e. The summed E-state index contributed by atoms with van der Waals surface area (Å²) in [5, 5.41) is 3.09. The maximum Gasteiger partial charge on any atom is 0.128 e. The molecule has 16 heavy (non-hydrogen) atoms. The van der Waals surface area contributed by atoms with E-state index in [2.05, 4.69) is 10.3 Å². The molecule has 0 saturated heterocycles. The van der Waals surface area contributed by atoms with Gasteiger partial charge in [-0.1, -0.05) is 6.07 Å². The highest BCUT2D eigenvalue weighted by molar-refractivity contribution is 5.64. The molecule has 0 amide bonds. The minimum atomic E-state index is -0.230. The zero-order chi connectivity index (χ0) is 11.5. The number of rotatable bonds is 2. The molecule has 0 bridgehead atoms. The number of nitrogens with zero attached hydrogens (tertiary/aromatic N) is 1. The second kappa shape index (κ2) is 4.18. The van der Waals surface area contributed by atoms with Crippen LogP contribution in [0, 0.1) is 12.7 Å². The Kier molecular flexibility index (Phi) is 2.72. The molecule has 3 nitrogen and oxygen atoms in total. The van der Waals surface area contributed by atoms with Crippen LogP contribution in [0.3, 0.4) is 0 Å². The van der Waals surface area contributed by atoms with E-state index in [0.717, 1.165) is 11.4 Å². The molecule has 2 aromatic rings. The lowest BCUT2D eigenvalue weighted by Crippen LogP contribution is -1.97. The van der Waals surface area contributed by atoms with Crippen molar-refractivity contribution < 1.29 is 4.39 Å². The van der Waals surface area contributed by atoms with E-state index in [9.17, 15) is 4.39 Å². The third kappa shape index (κ3) is 2.11. The molecule has 0 aliphatic heterocycles. The molecule has 0 fully saturated rings. The van der Waals surface area contributed by atoms with E-state index in [0.29, 0.717) is 11.4 Å². The Morgan fingerprint density at radius 3 is 2.88 bits per heavy atom. The Morgan fingerprint density at radius 2 is 2.12 bits per heavy atom. The molecule has 0 atom stereocenters. The summed E-state index contributed by atoms with van der Waals surface area (Å²) in [5.41, 5.74) is 7.66. The van der Waals surface area contributed by atoms with Gasteiger partial charge in [-0.3, -0.25) is 0 Å². The molecule has 3 N–H and O–H groups in total. The fourth-order valence-corrected chi connectivity index (χ4v) is 1.42. The van der Waals surface area contributed by atoms with Crippen LogP contribution in [0.2, 0.25) is 0 Å². The number of aromatic nitrogens is 1. The van der Waals surface area contributed by atoms with Gasteiger partial charge in [0.05, 0.1) is 0 Å². The minimum Gasteiger partial charge on any atom is -0.384 e. The van der Waals surface area contributed by atoms with E-state index in [1.54, 1.807) is 31.3 Å². The number of hydrogen-bond donors (Lipinski definition) is 2. The molecule has 0 spiro atoms. The molecular formula is C12H12FN3. The molecule has 1 heterocycles. The second-order valence-corrected chi connectivity index (χ2v) is 3.51. The van der Waals surface area contributed by atoms with Crippen molar-refractivity contribution in [2.75, 3.05) is 11.1 Å². The van der Waals surface area contributed by atoms with Crippen LogP contribution in [0.15, 0.2) is 36.5 Å². The van der Waals surface area contributed by atoms with Gasteiger partial charge in [-0.25, -0.2) is 9.37 Å². The van der Waals surface area contributed by atoms with Gasteiger partial charge in [-0.2, -0.15) is 0 Å². The molecule has 0 saturated carbocycles. The van der Waals surface area contributed by atoms with Gasteiger partial charge in [-0.15, -0.1) is 0 Å². The van der Waals surface area contributed by atoms with Crippen LogP contribution in [0.4, 0.5) is 21.6 Å². The minimum absolute atomic E-state index is 0.230. The first-order valence-electron chi connectivity index (χ1n) is 4.90. The molecule has 1 aromatic carbocycles. The summed E-state index contributed by atoms with van der Waals surface area (Å²) < 4.78 is 13.3. The Morgan fingerprint density at radius 1 is 1.31 bits per heavy atom. The lowest BCUT2D eigenvalue weighted by atomic mass is 10.2. The number of halogens is 1. The quantitative estimate of drug-likeness (QED) is 0.813. The van der Waals surface area contributed by atoms with Crippen molar-refractivity contribution in [3.05, 3.63) is 47.9 Å². The maximum absolute atomic E-state index is 13.3. The Hall–Kier alpha value is -2.10. The van der Waals surface area contributed by atoms with E-state index in [-0.39, 0.29) is 5.82 Å². The Bertz CT molecular complexity index is 511. The highest BCUT2D eigenvalue weighted by Gasteiger charge is 2.03. The number of hydrogen-bond acceptors (Lipinski definition) is 3. The van der Waals surface area contributed by atoms with E-state index in [4.69, 9.17) is 5.73 Å². The Balaban J connectivity index is 2.31. The fourth-order valence-electron chi connectivity index (χ4n) is 1.42. The molecular weight excluding hydrogens is 205 g/mol. The topological polar surface area (TPSA) is 50.9 Å². The highest BCUT2D eigenvalue weighted by atomic mass is 19.1. The molecule has 2 rings (SSSR count). The Labute approximate surface area is 93.1 Å². The molecule has 82 valence electrons. The first-order valence-corrected chi connectivity index (χ1v) is 4.90. The lowest BCUT2D eigenvalue weighted by molar-refractivity contribution is 0.619. The average Bonchev–Trinajstić information content (AvgIpc) is 2.25. The molecule has 0 unspecified atom stereocenters. The van der Waals surface area contributed by atoms with Gasteiger partial charge in [-0.05, 0) is 25.1 Å². The fraction of sp³-hybridized carbons (Fsp3) is 0.0833. The third-order valence-electron chi connectivity index (χ3n) is 2.33. The number of anilines is 3. The van der Waals surface area contributed by atoms with Crippen molar-refractivity contribution in [2.24, 2.45) is 0 Å². The average molecular weight is 217 g/mol. The van der Waals surface area contributed by atoms with Gasteiger partial charge in [0.1, 0.15) is 11.6 Å². The first-order chi connectivity index (χ1) is 7.66. The highest BCUT2D eigenvalue weighted by Crippen LogP contribution is 2.22.